The first-order valence-corrected chi connectivity index (χ1v) is 7.18. The number of aryl methyl sites for hydroxylation is 1. The van der Waals surface area contributed by atoms with E-state index in [1.165, 1.54) is 24.8 Å². The summed E-state index contributed by atoms with van der Waals surface area (Å²) >= 11 is 0. The van der Waals surface area contributed by atoms with Crippen LogP contribution in [0.3, 0.4) is 0 Å². The first kappa shape index (κ1) is 15.0. The van der Waals surface area contributed by atoms with Crippen molar-refractivity contribution in [1.82, 2.24) is 5.32 Å². The van der Waals surface area contributed by atoms with E-state index < -0.39 is 0 Å². The summed E-state index contributed by atoms with van der Waals surface area (Å²) in [6.07, 6.45) is 3.70. The molecule has 0 saturated carbocycles. The normalized spacial score (nSPS) is 12.4. The van der Waals surface area contributed by atoms with Crippen LogP contribution in [0.4, 0.5) is 0 Å². The molecule has 2 nitrogen and oxygen atoms in total. The second kappa shape index (κ2) is 8.98. The number of ether oxygens (including phenoxy) is 1. The van der Waals surface area contributed by atoms with Crippen LogP contribution in [0.25, 0.3) is 0 Å². The molecule has 0 saturated heterocycles. The molecule has 1 atom stereocenters. The molecule has 0 radical (unpaired) electrons. The third kappa shape index (κ3) is 6.06. The van der Waals surface area contributed by atoms with Crippen molar-refractivity contribution in [3.05, 3.63) is 29.8 Å². The molecule has 0 aliphatic heterocycles. The Kier molecular flexibility index (Phi) is 7.51. The van der Waals surface area contributed by atoms with E-state index in [-0.39, 0.29) is 0 Å². The Morgan fingerprint density at radius 2 is 1.83 bits per heavy atom. The molecule has 0 amide bonds. The molecule has 1 rings (SSSR count). The van der Waals surface area contributed by atoms with Crippen LogP contribution >= 0.6 is 0 Å². The topological polar surface area (TPSA) is 21.3 Å². The summed E-state index contributed by atoms with van der Waals surface area (Å²) < 4.78 is 5.44. The zero-order chi connectivity index (χ0) is 13.2. The van der Waals surface area contributed by atoms with Crippen LogP contribution in [0.2, 0.25) is 0 Å². The number of nitrogens with one attached hydrogen (secondary N) is 1. The van der Waals surface area contributed by atoms with Crippen molar-refractivity contribution in [1.29, 1.82) is 0 Å². The summed E-state index contributed by atoms with van der Waals surface area (Å²) in [5, 5.41) is 3.38. The Morgan fingerprint density at radius 3 is 2.44 bits per heavy atom. The molecule has 0 aromatic heterocycles. The van der Waals surface area contributed by atoms with Gasteiger partial charge in [-0.15, -0.1) is 0 Å². The Balaban J connectivity index is 2.25. The number of hydrogen-bond donors (Lipinski definition) is 1. The van der Waals surface area contributed by atoms with Crippen LogP contribution in [0, 0.1) is 5.92 Å². The minimum absolute atomic E-state index is 0.737. The van der Waals surface area contributed by atoms with Gasteiger partial charge in [0, 0.05) is 0 Å². The molecule has 1 unspecified atom stereocenters. The van der Waals surface area contributed by atoms with Crippen molar-refractivity contribution < 1.29 is 4.74 Å². The Hall–Kier alpha value is -1.02. The maximum absolute atomic E-state index is 5.44. The summed E-state index contributed by atoms with van der Waals surface area (Å²) in [6, 6.07) is 8.51. The van der Waals surface area contributed by atoms with Gasteiger partial charge in [0.1, 0.15) is 5.75 Å². The molecule has 2 heteroatoms. The average Bonchev–Trinajstić information content (AvgIpc) is 2.39. The van der Waals surface area contributed by atoms with Crippen LogP contribution < -0.4 is 10.1 Å². The Labute approximate surface area is 112 Å². The van der Waals surface area contributed by atoms with E-state index in [0.717, 1.165) is 31.4 Å². The van der Waals surface area contributed by atoms with Gasteiger partial charge in [-0.25, -0.2) is 0 Å². The molecule has 102 valence electrons. The lowest BCUT2D eigenvalue weighted by Crippen LogP contribution is -2.16. The van der Waals surface area contributed by atoms with E-state index in [9.17, 15) is 0 Å². The van der Waals surface area contributed by atoms with Gasteiger partial charge in [0.15, 0.2) is 0 Å². The lowest BCUT2D eigenvalue weighted by Gasteiger charge is -2.11. The Morgan fingerprint density at radius 1 is 1.11 bits per heavy atom. The van der Waals surface area contributed by atoms with E-state index in [1.807, 2.05) is 6.92 Å². The van der Waals surface area contributed by atoms with Crippen molar-refractivity contribution in [2.45, 2.75) is 40.0 Å². The highest BCUT2D eigenvalue weighted by Gasteiger charge is 2.02. The summed E-state index contributed by atoms with van der Waals surface area (Å²) in [5.41, 5.74) is 1.41. The van der Waals surface area contributed by atoms with Gasteiger partial charge in [0.05, 0.1) is 6.61 Å². The summed E-state index contributed by atoms with van der Waals surface area (Å²) in [4.78, 5) is 0. The van der Waals surface area contributed by atoms with E-state index in [4.69, 9.17) is 4.74 Å². The molecule has 1 N–H and O–H groups in total. The molecule has 1 aromatic rings. The van der Waals surface area contributed by atoms with E-state index >= 15 is 0 Å². The van der Waals surface area contributed by atoms with Crippen LogP contribution in [0.15, 0.2) is 24.3 Å². The first-order valence-electron chi connectivity index (χ1n) is 7.18. The second-order valence-electron chi connectivity index (χ2n) is 4.86. The van der Waals surface area contributed by atoms with Crippen LogP contribution in [-0.4, -0.2) is 19.7 Å². The summed E-state index contributed by atoms with van der Waals surface area (Å²) in [7, 11) is 0. The van der Waals surface area contributed by atoms with E-state index in [1.54, 1.807) is 0 Å². The summed E-state index contributed by atoms with van der Waals surface area (Å²) in [6.45, 7) is 9.46. The zero-order valence-corrected chi connectivity index (χ0v) is 12.0. The van der Waals surface area contributed by atoms with Crippen molar-refractivity contribution in [3.63, 3.8) is 0 Å². The molecule has 0 spiro atoms. The highest BCUT2D eigenvalue weighted by molar-refractivity contribution is 5.27. The first-order chi connectivity index (χ1) is 8.76. The van der Waals surface area contributed by atoms with Gasteiger partial charge in [0.2, 0.25) is 0 Å². The van der Waals surface area contributed by atoms with Gasteiger partial charge < -0.3 is 10.1 Å². The SMILES string of the molecule is CCNCCC(C)CCc1ccc(OCC)cc1. The lowest BCUT2D eigenvalue weighted by molar-refractivity contribution is 0.340. The fourth-order valence-electron chi connectivity index (χ4n) is 2.00. The standard InChI is InChI=1S/C16H27NO/c1-4-17-13-12-14(3)6-7-15-8-10-16(11-9-15)18-5-2/h8-11,14,17H,4-7,12-13H2,1-3H3. The molecule has 0 heterocycles. The van der Waals surface area contributed by atoms with Crippen molar-refractivity contribution in [2.24, 2.45) is 5.92 Å². The number of hydrogen-bond acceptors (Lipinski definition) is 2. The minimum Gasteiger partial charge on any atom is -0.494 e. The highest BCUT2D eigenvalue weighted by atomic mass is 16.5. The second-order valence-corrected chi connectivity index (χ2v) is 4.86. The van der Waals surface area contributed by atoms with E-state index in [0.29, 0.717) is 0 Å². The van der Waals surface area contributed by atoms with Gasteiger partial charge in [-0.3, -0.25) is 0 Å². The van der Waals surface area contributed by atoms with Crippen LogP contribution in [-0.2, 0) is 6.42 Å². The third-order valence-corrected chi connectivity index (χ3v) is 3.22. The Bertz CT molecular complexity index is 307. The van der Waals surface area contributed by atoms with Crippen molar-refractivity contribution in [3.8, 4) is 5.75 Å². The maximum Gasteiger partial charge on any atom is 0.119 e. The van der Waals surface area contributed by atoms with Gasteiger partial charge >= 0.3 is 0 Å². The monoisotopic (exact) mass is 249 g/mol. The zero-order valence-electron chi connectivity index (χ0n) is 12.0. The molecule has 0 bridgehead atoms. The predicted octanol–water partition coefficient (Wildman–Crippen LogP) is 3.65. The minimum atomic E-state index is 0.737. The molecule has 18 heavy (non-hydrogen) atoms. The maximum atomic E-state index is 5.44. The van der Waals surface area contributed by atoms with Gasteiger partial charge in [-0.2, -0.15) is 0 Å². The third-order valence-electron chi connectivity index (χ3n) is 3.22. The molecule has 0 aliphatic carbocycles. The molecular formula is C16H27NO. The van der Waals surface area contributed by atoms with Crippen molar-refractivity contribution >= 4 is 0 Å². The van der Waals surface area contributed by atoms with Gasteiger partial charge in [0.25, 0.3) is 0 Å². The molecule has 0 aliphatic rings. The fourth-order valence-corrected chi connectivity index (χ4v) is 2.00. The smallest absolute Gasteiger partial charge is 0.119 e. The van der Waals surface area contributed by atoms with Crippen LogP contribution in [0.1, 0.15) is 39.2 Å². The average molecular weight is 249 g/mol. The summed E-state index contributed by atoms with van der Waals surface area (Å²) in [5.74, 6) is 1.76. The number of benzene rings is 1. The van der Waals surface area contributed by atoms with Gasteiger partial charge in [-0.05, 0) is 62.9 Å². The quantitative estimate of drug-likeness (QED) is 0.674. The highest BCUT2D eigenvalue weighted by Crippen LogP contribution is 2.16. The molecular weight excluding hydrogens is 222 g/mol. The molecule has 1 aromatic carbocycles. The molecule has 0 fully saturated rings. The van der Waals surface area contributed by atoms with Gasteiger partial charge in [-0.1, -0.05) is 26.0 Å². The lowest BCUT2D eigenvalue weighted by atomic mass is 9.98. The van der Waals surface area contributed by atoms with E-state index in [2.05, 4.69) is 43.4 Å². The fraction of sp³-hybridized carbons (Fsp3) is 0.625. The van der Waals surface area contributed by atoms with Crippen LogP contribution in [0.5, 0.6) is 5.75 Å². The predicted molar refractivity (Wildman–Crippen MR) is 78.3 cm³/mol. The number of rotatable bonds is 9. The van der Waals surface area contributed by atoms with Crippen molar-refractivity contribution in [2.75, 3.05) is 19.7 Å². The largest absolute Gasteiger partial charge is 0.494 e.